The Morgan fingerprint density at radius 1 is 0.833 bits per heavy atom. The van der Waals surface area contributed by atoms with Crippen molar-refractivity contribution in [1.29, 1.82) is 0 Å². The molecule has 10 N–H and O–H groups in total. The molecule has 54 heavy (non-hydrogen) atoms. The molecule has 18 nitrogen and oxygen atoms in total. The van der Waals surface area contributed by atoms with Crippen LogP contribution in [-0.2, 0) is 23.7 Å². The molecule has 0 radical (unpaired) electrons. The zero-order chi connectivity index (χ0) is 39.0. The lowest BCUT2D eigenvalue weighted by Crippen LogP contribution is -2.60. The number of esters is 1. The molecule has 3 aromatic carbocycles. The minimum Gasteiger partial charge on any atom is -0.507 e. The van der Waals surface area contributed by atoms with E-state index in [0.29, 0.717) is 5.56 Å². The molecule has 0 aliphatic carbocycles. The highest BCUT2D eigenvalue weighted by molar-refractivity contribution is 5.90. The van der Waals surface area contributed by atoms with Crippen molar-refractivity contribution in [3.05, 3.63) is 76.0 Å². The van der Waals surface area contributed by atoms with Gasteiger partial charge in [-0.3, -0.25) is 4.79 Å². The van der Waals surface area contributed by atoms with Crippen LogP contribution in [0.1, 0.15) is 17.2 Å². The molecular formula is C36H36O18. The van der Waals surface area contributed by atoms with Gasteiger partial charge in [-0.1, -0.05) is 6.07 Å². The third-order valence-corrected chi connectivity index (χ3v) is 8.98. The second-order valence-corrected chi connectivity index (χ2v) is 12.5. The van der Waals surface area contributed by atoms with Crippen molar-refractivity contribution in [2.24, 2.45) is 0 Å². The first-order chi connectivity index (χ1) is 25.7. The molecule has 18 heteroatoms. The van der Waals surface area contributed by atoms with Gasteiger partial charge in [0.25, 0.3) is 0 Å². The number of carbonyl (C=O) groups is 1. The molecule has 288 valence electrons. The Hall–Kier alpha value is -5.44. The van der Waals surface area contributed by atoms with Gasteiger partial charge in [0.1, 0.15) is 78.1 Å². The molecule has 4 aromatic rings. The van der Waals surface area contributed by atoms with E-state index >= 15 is 0 Å². The van der Waals surface area contributed by atoms with Crippen molar-refractivity contribution in [1.82, 2.24) is 0 Å². The van der Waals surface area contributed by atoms with E-state index in [9.17, 15) is 60.7 Å². The van der Waals surface area contributed by atoms with Crippen LogP contribution in [0.2, 0.25) is 0 Å². The van der Waals surface area contributed by atoms with Crippen LogP contribution in [0.3, 0.4) is 0 Å². The van der Waals surface area contributed by atoms with Gasteiger partial charge in [0.05, 0.1) is 19.3 Å². The monoisotopic (exact) mass is 756 g/mol. The third kappa shape index (κ3) is 7.49. The number of hydrogen-bond donors (Lipinski definition) is 10. The molecule has 0 bridgehead atoms. The Labute approximate surface area is 304 Å². The fraction of sp³-hybridized carbons (Fsp3) is 0.333. The minimum absolute atomic E-state index is 0.0702. The predicted molar refractivity (Wildman–Crippen MR) is 181 cm³/mol. The molecule has 0 spiro atoms. The molecule has 2 aliphatic heterocycles. The number of phenolic OH excluding ortho intramolecular Hbond substituents is 5. The summed E-state index contributed by atoms with van der Waals surface area (Å²) < 4.78 is 33.6. The zero-order valence-corrected chi connectivity index (χ0v) is 28.1. The fourth-order valence-electron chi connectivity index (χ4n) is 6.11. The van der Waals surface area contributed by atoms with Gasteiger partial charge in [-0.25, -0.2) is 4.79 Å². The summed E-state index contributed by atoms with van der Waals surface area (Å²) in [5.74, 6) is -3.70. The first kappa shape index (κ1) is 38.3. The summed E-state index contributed by atoms with van der Waals surface area (Å²) >= 11 is 0. The van der Waals surface area contributed by atoms with Crippen LogP contribution in [0.15, 0.2) is 63.8 Å². The first-order valence-electron chi connectivity index (χ1n) is 16.3. The van der Waals surface area contributed by atoms with Gasteiger partial charge in [-0.05, 0) is 42.0 Å². The number of aromatic hydroxyl groups is 5. The van der Waals surface area contributed by atoms with Crippen molar-refractivity contribution in [2.45, 2.75) is 55.1 Å². The number of benzene rings is 3. The molecule has 0 amide bonds. The standard InChI is InChI=1S/C36H36O18/c1-49-24-8-14(2-5-17(24)38)3-7-26(44)50-13-25-30(46)31(47)35(54-36-32(48)29(45)22(43)12-51-36)34(53-25)28-20(41)10-19(40)27-21(42)11-23(52-33(27)28)15-4-6-16(37)18(39)9-15/h2-11,22,25,29-32,34-41,43,45-48H,12-13H2,1H3. The Morgan fingerprint density at radius 3 is 2.30 bits per heavy atom. The van der Waals surface area contributed by atoms with E-state index in [2.05, 4.69) is 0 Å². The van der Waals surface area contributed by atoms with E-state index in [4.69, 9.17) is 28.1 Å². The minimum atomic E-state index is -2.00. The number of phenols is 5. The van der Waals surface area contributed by atoms with Crippen molar-refractivity contribution < 1.29 is 84.0 Å². The molecule has 0 saturated carbocycles. The van der Waals surface area contributed by atoms with E-state index in [1.54, 1.807) is 0 Å². The van der Waals surface area contributed by atoms with Gasteiger partial charge in [-0.15, -0.1) is 0 Å². The third-order valence-electron chi connectivity index (χ3n) is 8.98. The van der Waals surface area contributed by atoms with E-state index in [1.165, 1.54) is 37.5 Å². The smallest absolute Gasteiger partial charge is 0.330 e. The second-order valence-electron chi connectivity index (χ2n) is 12.5. The number of carbonyl (C=O) groups excluding carboxylic acids is 1. The molecule has 6 rings (SSSR count). The van der Waals surface area contributed by atoms with E-state index < -0.39 is 119 Å². The Balaban J connectivity index is 1.38. The number of aliphatic hydroxyl groups excluding tert-OH is 5. The average Bonchev–Trinajstić information content (AvgIpc) is 3.14. The van der Waals surface area contributed by atoms with Crippen molar-refractivity contribution >= 4 is 23.0 Å². The van der Waals surface area contributed by atoms with Crippen LogP contribution in [0.4, 0.5) is 0 Å². The molecule has 9 atom stereocenters. The zero-order valence-electron chi connectivity index (χ0n) is 28.1. The van der Waals surface area contributed by atoms with Crippen molar-refractivity contribution in [3.8, 4) is 45.8 Å². The van der Waals surface area contributed by atoms with Gasteiger partial charge < -0.3 is 79.2 Å². The van der Waals surface area contributed by atoms with Gasteiger partial charge in [0, 0.05) is 23.8 Å². The summed E-state index contributed by atoms with van der Waals surface area (Å²) in [6, 6.07) is 9.51. The second kappa shape index (κ2) is 15.5. The van der Waals surface area contributed by atoms with E-state index in [0.717, 1.165) is 30.3 Å². The number of fused-ring (bicyclic) bond motifs is 1. The summed E-state index contributed by atoms with van der Waals surface area (Å²) in [6.45, 7) is -1.23. The number of rotatable bonds is 9. The predicted octanol–water partition coefficient (Wildman–Crippen LogP) is 0.239. The molecule has 9 unspecified atom stereocenters. The van der Waals surface area contributed by atoms with Crippen molar-refractivity contribution in [2.75, 3.05) is 20.3 Å². The summed E-state index contributed by atoms with van der Waals surface area (Å²) in [5, 5.41) is 105. The average molecular weight is 757 g/mol. The normalized spacial score (nSPS) is 27.3. The van der Waals surface area contributed by atoms with Crippen LogP contribution < -0.4 is 10.2 Å². The number of aliphatic hydroxyl groups is 5. The molecule has 3 heterocycles. The van der Waals surface area contributed by atoms with Crippen molar-refractivity contribution in [3.63, 3.8) is 0 Å². The lowest BCUT2D eigenvalue weighted by molar-refractivity contribution is -0.325. The summed E-state index contributed by atoms with van der Waals surface area (Å²) in [6.07, 6.45) is -13.6. The van der Waals surface area contributed by atoms with Gasteiger partial charge in [0.15, 0.2) is 40.3 Å². The quantitative estimate of drug-likeness (QED) is 0.0621. The highest BCUT2D eigenvalue weighted by Crippen LogP contribution is 2.45. The maximum atomic E-state index is 13.4. The highest BCUT2D eigenvalue weighted by atomic mass is 16.7. The summed E-state index contributed by atoms with van der Waals surface area (Å²) in [7, 11) is 1.34. The molecule has 1 aromatic heterocycles. The Morgan fingerprint density at radius 2 is 1.57 bits per heavy atom. The summed E-state index contributed by atoms with van der Waals surface area (Å²) in [5.41, 5.74) is -1.29. The Kier molecular flexibility index (Phi) is 11.0. The van der Waals surface area contributed by atoms with Gasteiger partial charge in [0.2, 0.25) is 0 Å². The van der Waals surface area contributed by atoms with E-state index in [-0.39, 0.29) is 22.8 Å². The lowest BCUT2D eigenvalue weighted by Gasteiger charge is -2.45. The van der Waals surface area contributed by atoms with Crippen LogP contribution in [0.5, 0.6) is 34.5 Å². The van der Waals surface area contributed by atoms with Crippen LogP contribution >= 0.6 is 0 Å². The fourth-order valence-corrected chi connectivity index (χ4v) is 6.11. The SMILES string of the molecule is COc1cc(C=CC(=O)OCC2OC(c3c(O)cc(O)c4c(=O)cc(-c5ccc(O)c(O)c5)oc34)C(OC3OCC(O)C(O)C3O)C(O)C2O)ccc1O. The van der Waals surface area contributed by atoms with Gasteiger partial charge >= 0.3 is 5.97 Å². The largest absolute Gasteiger partial charge is 0.507 e. The van der Waals surface area contributed by atoms with E-state index in [1.807, 2.05) is 0 Å². The molecule has 2 aliphatic rings. The maximum absolute atomic E-state index is 13.4. The number of ether oxygens (including phenoxy) is 5. The number of hydrogen-bond acceptors (Lipinski definition) is 18. The van der Waals surface area contributed by atoms with Crippen LogP contribution in [-0.4, -0.2) is 126 Å². The van der Waals surface area contributed by atoms with Crippen LogP contribution in [0.25, 0.3) is 28.4 Å². The highest BCUT2D eigenvalue weighted by Gasteiger charge is 2.51. The first-order valence-corrected chi connectivity index (χ1v) is 16.3. The topological polar surface area (TPSA) is 296 Å². The molecule has 2 fully saturated rings. The van der Waals surface area contributed by atoms with Gasteiger partial charge in [-0.2, -0.15) is 0 Å². The molecule has 2 saturated heterocycles. The van der Waals surface area contributed by atoms with Crippen LogP contribution in [0, 0.1) is 0 Å². The lowest BCUT2D eigenvalue weighted by atomic mass is 9.89. The molecular weight excluding hydrogens is 720 g/mol. The Bertz CT molecular complexity index is 2110. The maximum Gasteiger partial charge on any atom is 0.330 e. The number of methoxy groups -OCH3 is 1. The summed E-state index contributed by atoms with van der Waals surface area (Å²) in [4.78, 5) is 26.1.